The monoisotopic (exact) mass is 283 g/mol. The van der Waals surface area contributed by atoms with Crippen molar-refractivity contribution < 1.29 is 0 Å². The van der Waals surface area contributed by atoms with E-state index in [1.807, 2.05) is 13.1 Å². The van der Waals surface area contributed by atoms with Crippen molar-refractivity contribution in [1.29, 1.82) is 0 Å². The molecule has 0 aliphatic rings. The zero-order valence-electron chi connectivity index (χ0n) is 13.5. The van der Waals surface area contributed by atoms with Crippen LogP contribution in [-0.2, 0) is 12.8 Å². The predicted octanol–water partition coefficient (Wildman–Crippen LogP) is 4.34. The van der Waals surface area contributed by atoms with Gasteiger partial charge in [-0.1, -0.05) is 39.0 Å². The number of nitrogens with zero attached hydrogens (tertiary/aromatic N) is 2. The lowest BCUT2D eigenvalue weighted by Gasteiger charge is -2.10. The number of aryl methyl sites for hydroxylation is 1. The minimum Gasteiger partial charge on any atom is -0.373 e. The van der Waals surface area contributed by atoms with Gasteiger partial charge >= 0.3 is 0 Å². The number of hydrogen-bond donors (Lipinski definition) is 1. The summed E-state index contributed by atoms with van der Waals surface area (Å²) in [5.41, 5.74) is 3.54. The molecule has 0 saturated heterocycles. The van der Waals surface area contributed by atoms with Gasteiger partial charge in [-0.15, -0.1) is 0 Å². The van der Waals surface area contributed by atoms with Crippen molar-refractivity contribution in [3.05, 3.63) is 41.7 Å². The van der Waals surface area contributed by atoms with Crippen LogP contribution in [0.3, 0.4) is 0 Å². The van der Waals surface area contributed by atoms with Crippen LogP contribution in [0.2, 0.25) is 0 Å². The van der Waals surface area contributed by atoms with E-state index >= 15 is 0 Å². The molecule has 0 saturated carbocycles. The van der Waals surface area contributed by atoms with Crippen molar-refractivity contribution in [3.8, 4) is 11.3 Å². The van der Waals surface area contributed by atoms with Crippen LogP contribution in [0.4, 0.5) is 5.82 Å². The van der Waals surface area contributed by atoms with Gasteiger partial charge in [-0.3, -0.25) is 0 Å². The predicted molar refractivity (Wildman–Crippen MR) is 89.6 cm³/mol. The van der Waals surface area contributed by atoms with Gasteiger partial charge in [0.25, 0.3) is 0 Å². The lowest BCUT2D eigenvalue weighted by Crippen LogP contribution is -2.02. The first-order valence-electron chi connectivity index (χ1n) is 7.77. The zero-order valence-corrected chi connectivity index (χ0v) is 13.5. The minimum absolute atomic E-state index is 0.661. The standard InChI is InChI=1S/C18H25N3/c1-5-7-17-20-16(12-18(19-4)21-17)15-9-6-8-14(11-15)10-13(2)3/h6,8-9,11-13H,5,7,10H2,1-4H3,(H,19,20,21). The molecule has 1 N–H and O–H groups in total. The van der Waals surface area contributed by atoms with Gasteiger partial charge in [0.15, 0.2) is 0 Å². The van der Waals surface area contributed by atoms with Crippen LogP contribution < -0.4 is 5.32 Å². The summed E-state index contributed by atoms with van der Waals surface area (Å²) in [7, 11) is 1.90. The molecule has 0 amide bonds. The van der Waals surface area contributed by atoms with E-state index in [4.69, 9.17) is 4.98 Å². The molecule has 0 atom stereocenters. The second-order valence-corrected chi connectivity index (χ2v) is 5.85. The number of anilines is 1. The highest BCUT2D eigenvalue weighted by Gasteiger charge is 2.07. The summed E-state index contributed by atoms with van der Waals surface area (Å²) in [6, 6.07) is 10.7. The second kappa shape index (κ2) is 7.21. The molecule has 0 spiro atoms. The van der Waals surface area contributed by atoms with Crippen molar-refractivity contribution in [3.63, 3.8) is 0 Å². The van der Waals surface area contributed by atoms with Gasteiger partial charge in [0, 0.05) is 25.1 Å². The number of nitrogens with one attached hydrogen (secondary N) is 1. The van der Waals surface area contributed by atoms with Crippen LogP contribution in [0.5, 0.6) is 0 Å². The van der Waals surface area contributed by atoms with Crippen LogP contribution in [0.25, 0.3) is 11.3 Å². The van der Waals surface area contributed by atoms with Gasteiger partial charge in [-0.25, -0.2) is 9.97 Å². The lowest BCUT2D eigenvalue weighted by atomic mass is 10.00. The van der Waals surface area contributed by atoms with Gasteiger partial charge in [0.05, 0.1) is 5.69 Å². The van der Waals surface area contributed by atoms with Crippen molar-refractivity contribution in [2.24, 2.45) is 5.92 Å². The quantitative estimate of drug-likeness (QED) is 0.857. The van der Waals surface area contributed by atoms with Gasteiger partial charge in [0.2, 0.25) is 0 Å². The first kappa shape index (κ1) is 15.5. The Morgan fingerprint density at radius 1 is 1.14 bits per heavy atom. The molecule has 2 aromatic rings. The maximum absolute atomic E-state index is 4.71. The lowest BCUT2D eigenvalue weighted by molar-refractivity contribution is 0.647. The Morgan fingerprint density at radius 2 is 1.95 bits per heavy atom. The van der Waals surface area contributed by atoms with Gasteiger partial charge < -0.3 is 5.32 Å². The van der Waals surface area contributed by atoms with Crippen molar-refractivity contribution in [2.45, 2.75) is 40.0 Å². The third kappa shape index (κ3) is 4.28. The third-order valence-electron chi connectivity index (χ3n) is 3.37. The average molecular weight is 283 g/mol. The molecule has 2 rings (SSSR count). The van der Waals surface area contributed by atoms with E-state index in [1.54, 1.807) is 0 Å². The fourth-order valence-electron chi connectivity index (χ4n) is 2.44. The van der Waals surface area contributed by atoms with Crippen LogP contribution in [-0.4, -0.2) is 17.0 Å². The van der Waals surface area contributed by atoms with E-state index in [0.29, 0.717) is 5.92 Å². The molecule has 112 valence electrons. The molecule has 1 heterocycles. The zero-order chi connectivity index (χ0) is 15.2. The SMILES string of the molecule is CCCc1nc(NC)cc(-c2cccc(CC(C)C)c2)n1. The first-order valence-corrected chi connectivity index (χ1v) is 7.77. The number of hydrogen-bond acceptors (Lipinski definition) is 3. The highest BCUT2D eigenvalue weighted by atomic mass is 15.0. The highest BCUT2D eigenvalue weighted by Crippen LogP contribution is 2.22. The molecule has 3 nitrogen and oxygen atoms in total. The Morgan fingerprint density at radius 3 is 2.62 bits per heavy atom. The molecule has 0 aliphatic heterocycles. The van der Waals surface area contributed by atoms with Crippen LogP contribution in [0.1, 0.15) is 38.6 Å². The Balaban J connectivity index is 2.38. The molecule has 3 heteroatoms. The molecule has 21 heavy (non-hydrogen) atoms. The molecule has 1 aromatic carbocycles. The molecule has 0 bridgehead atoms. The molecular weight excluding hydrogens is 258 g/mol. The van der Waals surface area contributed by atoms with Crippen LogP contribution in [0.15, 0.2) is 30.3 Å². The van der Waals surface area contributed by atoms with E-state index < -0.39 is 0 Å². The first-order chi connectivity index (χ1) is 10.1. The summed E-state index contributed by atoms with van der Waals surface area (Å²) < 4.78 is 0. The summed E-state index contributed by atoms with van der Waals surface area (Å²) in [5, 5.41) is 3.13. The highest BCUT2D eigenvalue weighted by molar-refractivity contribution is 5.63. The molecule has 0 unspecified atom stereocenters. The number of benzene rings is 1. The molecule has 0 radical (unpaired) electrons. The summed E-state index contributed by atoms with van der Waals surface area (Å²) in [4.78, 5) is 9.23. The summed E-state index contributed by atoms with van der Waals surface area (Å²) in [6.45, 7) is 6.64. The second-order valence-electron chi connectivity index (χ2n) is 5.85. The number of rotatable bonds is 6. The molecule has 0 fully saturated rings. The largest absolute Gasteiger partial charge is 0.373 e. The van der Waals surface area contributed by atoms with Gasteiger partial charge in [-0.2, -0.15) is 0 Å². The smallest absolute Gasteiger partial charge is 0.131 e. The third-order valence-corrected chi connectivity index (χ3v) is 3.37. The Hall–Kier alpha value is -1.90. The van der Waals surface area contributed by atoms with Gasteiger partial charge in [0.1, 0.15) is 11.6 Å². The van der Waals surface area contributed by atoms with Crippen molar-refractivity contribution in [1.82, 2.24) is 9.97 Å². The molecule has 1 aromatic heterocycles. The molecular formula is C18H25N3. The fourth-order valence-corrected chi connectivity index (χ4v) is 2.44. The van der Waals surface area contributed by atoms with Crippen LogP contribution in [0, 0.1) is 5.92 Å². The molecule has 0 aliphatic carbocycles. The summed E-state index contributed by atoms with van der Waals surface area (Å²) >= 11 is 0. The Labute approximate surface area is 127 Å². The fraction of sp³-hybridized carbons (Fsp3) is 0.444. The van der Waals surface area contributed by atoms with E-state index in [-0.39, 0.29) is 0 Å². The maximum atomic E-state index is 4.71. The minimum atomic E-state index is 0.661. The van der Waals surface area contributed by atoms with E-state index in [1.165, 1.54) is 11.1 Å². The van der Waals surface area contributed by atoms with E-state index in [0.717, 1.165) is 36.6 Å². The van der Waals surface area contributed by atoms with E-state index in [9.17, 15) is 0 Å². The summed E-state index contributed by atoms with van der Waals surface area (Å²) in [5.74, 6) is 2.46. The summed E-state index contributed by atoms with van der Waals surface area (Å²) in [6.07, 6.45) is 3.06. The Bertz CT molecular complexity index is 591. The van der Waals surface area contributed by atoms with Crippen molar-refractivity contribution >= 4 is 5.82 Å². The number of aromatic nitrogens is 2. The van der Waals surface area contributed by atoms with E-state index in [2.05, 4.69) is 55.3 Å². The topological polar surface area (TPSA) is 37.8 Å². The van der Waals surface area contributed by atoms with Gasteiger partial charge in [-0.05, 0) is 30.4 Å². The maximum Gasteiger partial charge on any atom is 0.131 e. The van der Waals surface area contributed by atoms with Crippen molar-refractivity contribution in [2.75, 3.05) is 12.4 Å². The van der Waals surface area contributed by atoms with Crippen LogP contribution >= 0.6 is 0 Å². The average Bonchev–Trinajstić information content (AvgIpc) is 2.47. The Kier molecular flexibility index (Phi) is 5.32. The normalized spacial score (nSPS) is 10.9.